The summed E-state index contributed by atoms with van der Waals surface area (Å²) in [5, 5.41) is 6.77. The third-order valence-electron chi connectivity index (χ3n) is 5.03. The summed E-state index contributed by atoms with van der Waals surface area (Å²) in [6.07, 6.45) is 3.60. The van der Waals surface area contributed by atoms with Crippen LogP contribution in [-0.4, -0.2) is 43.0 Å². The molecule has 2 heterocycles. The van der Waals surface area contributed by atoms with Crippen LogP contribution in [0.1, 0.15) is 39.2 Å². The molecule has 1 aromatic heterocycles. The zero-order valence-corrected chi connectivity index (χ0v) is 16.3. The van der Waals surface area contributed by atoms with E-state index >= 15 is 0 Å². The van der Waals surface area contributed by atoms with E-state index in [2.05, 4.69) is 52.3 Å². The molecule has 2 atom stereocenters. The second kappa shape index (κ2) is 9.40. The van der Waals surface area contributed by atoms with E-state index in [9.17, 15) is 4.79 Å². The third-order valence-corrected chi connectivity index (χ3v) is 5.03. The van der Waals surface area contributed by atoms with Gasteiger partial charge in [0.2, 0.25) is 5.91 Å². The number of pyridine rings is 1. The summed E-state index contributed by atoms with van der Waals surface area (Å²) in [6, 6.07) is 4.32. The Morgan fingerprint density at radius 2 is 2.23 bits per heavy atom. The predicted molar refractivity (Wildman–Crippen MR) is 106 cm³/mol. The minimum Gasteiger partial charge on any atom is -0.369 e. The summed E-state index contributed by atoms with van der Waals surface area (Å²) in [4.78, 5) is 22.6. The highest BCUT2D eigenvalue weighted by molar-refractivity contribution is 5.80. The van der Waals surface area contributed by atoms with Crippen molar-refractivity contribution in [3.8, 4) is 0 Å². The second-order valence-electron chi connectivity index (χ2n) is 7.28. The van der Waals surface area contributed by atoms with Crippen molar-refractivity contribution in [3.63, 3.8) is 0 Å². The number of piperidine rings is 1. The molecule has 0 radical (unpaired) electrons. The number of nitrogens with one attached hydrogen (secondary N) is 2. The number of anilines is 1. The average Bonchev–Trinajstić information content (AvgIpc) is 2.65. The topological polar surface area (TPSA) is 95.6 Å². The van der Waals surface area contributed by atoms with Crippen LogP contribution in [0.3, 0.4) is 0 Å². The Morgan fingerprint density at radius 3 is 2.88 bits per heavy atom. The van der Waals surface area contributed by atoms with Gasteiger partial charge in [-0.25, -0.2) is 4.98 Å². The van der Waals surface area contributed by atoms with Crippen LogP contribution in [0.5, 0.6) is 0 Å². The minimum atomic E-state index is -0.224. The highest BCUT2D eigenvalue weighted by Crippen LogP contribution is 2.24. The molecule has 0 saturated carbocycles. The monoisotopic (exact) mass is 360 g/mol. The minimum absolute atomic E-state index is 0.104. The van der Waals surface area contributed by atoms with Gasteiger partial charge in [0.1, 0.15) is 5.82 Å². The molecule has 0 aromatic carbocycles. The summed E-state index contributed by atoms with van der Waals surface area (Å²) in [5.41, 5.74) is 6.59. The highest BCUT2D eigenvalue weighted by atomic mass is 16.1. The maximum Gasteiger partial charge on any atom is 0.222 e. The number of carbonyl (C=O) groups excluding carboxylic acids is 1. The van der Waals surface area contributed by atoms with Gasteiger partial charge in [-0.3, -0.25) is 9.79 Å². The van der Waals surface area contributed by atoms with Crippen LogP contribution in [0.25, 0.3) is 0 Å². The Morgan fingerprint density at radius 1 is 1.46 bits per heavy atom. The smallest absolute Gasteiger partial charge is 0.222 e. The van der Waals surface area contributed by atoms with Gasteiger partial charge < -0.3 is 21.3 Å². The number of nitrogens with two attached hydrogens (primary N) is 1. The molecular formula is C19H32N6O. The maximum atomic E-state index is 11.6. The molecule has 4 N–H and O–H groups in total. The first-order chi connectivity index (χ1) is 12.4. The lowest BCUT2D eigenvalue weighted by Crippen LogP contribution is -2.44. The van der Waals surface area contributed by atoms with E-state index in [-0.39, 0.29) is 11.8 Å². The fourth-order valence-corrected chi connectivity index (χ4v) is 3.01. The Labute approximate surface area is 156 Å². The van der Waals surface area contributed by atoms with Gasteiger partial charge >= 0.3 is 0 Å². The molecule has 1 aliphatic rings. The van der Waals surface area contributed by atoms with Gasteiger partial charge in [0, 0.05) is 44.5 Å². The number of carbonyl (C=O) groups is 1. The van der Waals surface area contributed by atoms with Crippen LogP contribution in [-0.2, 0) is 11.3 Å². The zero-order valence-electron chi connectivity index (χ0n) is 16.3. The molecule has 2 rings (SSSR count). The first-order valence-corrected chi connectivity index (χ1v) is 9.37. The standard InChI is InChI=1S/C19H32N6O/c1-13(2)14(3)24-19(21-4)23-11-15-7-5-9-22-18(15)25-10-6-8-16(12-25)17(20)26/h5,7,9,13-14,16H,6,8,10-12H2,1-4H3,(H2,20,26)(H2,21,23,24). The largest absolute Gasteiger partial charge is 0.369 e. The first kappa shape index (κ1) is 20.0. The van der Waals surface area contributed by atoms with Crippen molar-refractivity contribution < 1.29 is 4.79 Å². The van der Waals surface area contributed by atoms with Gasteiger partial charge in [-0.1, -0.05) is 19.9 Å². The van der Waals surface area contributed by atoms with E-state index in [1.165, 1.54) is 0 Å². The Hall–Kier alpha value is -2.31. The van der Waals surface area contributed by atoms with Crippen molar-refractivity contribution in [1.29, 1.82) is 0 Å². The molecule has 0 spiro atoms. The average molecular weight is 361 g/mol. The van der Waals surface area contributed by atoms with Gasteiger partial charge in [-0.15, -0.1) is 0 Å². The Balaban J connectivity index is 2.05. The molecule has 7 heteroatoms. The van der Waals surface area contributed by atoms with E-state index in [1.54, 1.807) is 13.2 Å². The van der Waals surface area contributed by atoms with E-state index in [4.69, 9.17) is 5.73 Å². The highest BCUT2D eigenvalue weighted by Gasteiger charge is 2.26. The SMILES string of the molecule is CN=C(NCc1cccnc1N1CCCC(C(N)=O)C1)NC(C)C(C)C. The van der Waals surface area contributed by atoms with Crippen LogP contribution in [0.4, 0.5) is 5.82 Å². The van der Waals surface area contributed by atoms with Crippen molar-refractivity contribution in [1.82, 2.24) is 15.6 Å². The summed E-state index contributed by atoms with van der Waals surface area (Å²) >= 11 is 0. The first-order valence-electron chi connectivity index (χ1n) is 9.37. The van der Waals surface area contributed by atoms with E-state index in [1.807, 2.05) is 6.07 Å². The molecule has 26 heavy (non-hydrogen) atoms. The molecule has 1 aliphatic heterocycles. The lowest BCUT2D eigenvalue weighted by atomic mass is 9.97. The van der Waals surface area contributed by atoms with Gasteiger partial charge in [0.25, 0.3) is 0 Å². The van der Waals surface area contributed by atoms with Crippen LogP contribution in [0, 0.1) is 11.8 Å². The number of amides is 1. The van der Waals surface area contributed by atoms with Crippen LogP contribution >= 0.6 is 0 Å². The van der Waals surface area contributed by atoms with E-state index < -0.39 is 0 Å². The van der Waals surface area contributed by atoms with Gasteiger partial charge in [-0.05, 0) is 31.7 Å². The Kier molecular flexibility index (Phi) is 7.24. The van der Waals surface area contributed by atoms with Crippen LogP contribution in [0.15, 0.2) is 23.3 Å². The zero-order chi connectivity index (χ0) is 19.1. The van der Waals surface area contributed by atoms with Crippen molar-refractivity contribution >= 4 is 17.7 Å². The Bertz CT molecular complexity index is 630. The van der Waals surface area contributed by atoms with Gasteiger partial charge in [0.05, 0.1) is 5.92 Å². The van der Waals surface area contributed by atoms with Crippen molar-refractivity contribution in [2.75, 3.05) is 25.0 Å². The number of rotatable bonds is 6. The number of hydrogen-bond acceptors (Lipinski definition) is 4. The maximum absolute atomic E-state index is 11.6. The summed E-state index contributed by atoms with van der Waals surface area (Å²) in [7, 11) is 1.77. The molecule has 1 amide bonds. The molecule has 0 bridgehead atoms. The van der Waals surface area contributed by atoms with Gasteiger partial charge in [0.15, 0.2) is 5.96 Å². The van der Waals surface area contributed by atoms with Crippen molar-refractivity contribution in [3.05, 3.63) is 23.9 Å². The number of primary amides is 1. The summed E-state index contributed by atoms with van der Waals surface area (Å²) in [6.45, 7) is 8.64. The fraction of sp³-hybridized carbons (Fsp3) is 0.632. The molecule has 2 unspecified atom stereocenters. The number of guanidine groups is 1. The number of aliphatic imine (C=N–C) groups is 1. The van der Waals surface area contributed by atoms with Gasteiger partial charge in [-0.2, -0.15) is 0 Å². The van der Waals surface area contributed by atoms with Crippen molar-refractivity contribution in [2.24, 2.45) is 22.6 Å². The molecule has 1 saturated heterocycles. The number of nitrogens with zero attached hydrogens (tertiary/aromatic N) is 3. The second-order valence-corrected chi connectivity index (χ2v) is 7.28. The van der Waals surface area contributed by atoms with E-state index in [0.29, 0.717) is 25.0 Å². The van der Waals surface area contributed by atoms with E-state index in [0.717, 1.165) is 36.7 Å². The summed E-state index contributed by atoms with van der Waals surface area (Å²) < 4.78 is 0. The third kappa shape index (κ3) is 5.34. The number of hydrogen-bond donors (Lipinski definition) is 3. The quantitative estimate of drug-likeness (QED) is 0.528. The fourth-order valence-electron chi connectivity index (χ4n) is 3.01. The summed E-state index contributed by atoms with van der Waals surface area (Å²) in [5.74, 6) is 1.88. The normalized spacial score (nSPS) is 19.3. The number of aromatic nitrogens is 1. The van der Waals surface area contributed by atoms with Crippen LogP contribution < -0.4 is 21.3 Å². The molecule has 1 aromatic rings. The van der Waals surface area contributed by atoms with Crippen molar-refractivity contribution in [2.45, 2.75) is 46.2 Å². The lowest BCUT2D eigenvalue weighted by molar-refractivity contribution is -0.122. The molecule has 7 nitrogen and oxygen atoms in total. The van der Waals surface area contributed by atoms with Crippen LogP contribution in [0.2, 0.25) is 0 Å². The lowest BCUT2D eigenvalue weighted by Gasteiger charge is -2.33. The molecule has 144 valence electrons. The predicted octanol–water partition coefficient (Wildman–Crippen LogP) is 1.49. The molecule has 0 aliphatic carbocycles. The molecular weight excluding hydrogens is 328 g/mol. The molecule has 1 fully saturated rings.